The van der Waals surface area contributed by atoms with Gasteiger partial charge in [-0.25, -0.2) is 19.7 Å². The highest BCUT2D eigenvalue weighted by Gasteiger charge is 2.31. The molecule has 4 heterocycles. The fraction of sp³-hybridized carbons (Fsp3) is 0.407. The van der Waals surface area contributed by atoms with Gasteiger partial charge in [0.15, 0.2) is 0 Å². The molecule has 1 N–H and O–H groups in total. The van der Waals surface area contributed by atoms with Gasteiger partial charge >= 0.3 is 6.09 Å². The van der Waals surface area contributed by atoms with E-state index in [2.05, 4.69) is 16.0 Å². The summed E-state index contributed by atoms with van der Waals surface area (Å²) >= 11 is 1.60. The van der Waals surface area contributed by atoms with Crippen LogP contribution in [0, 0.1) is 6.92 Å². The second-order valence-corrected chi connectivity index (χ2v) is 10.6. The van der Waals surface area contributed by atoms with Crippen LogP contribution in [-0.4, -0.2) is 70.1 Å². The van der Waals surface area contributed by atoms with Crippen LogP contribution in [0.3, 0.4) is 0 Å². The molecule has 0 aliphatic carbocycles. The molecule has 192 valence electrons. The number of fused-ring (bicyclic) bond motifs is 4. The number of rotatable bonds is 6. The Morgan fingerprint density at radius 2 is 2.05 bits per heavy atom. The van der Waals surface area contributed by atoms with Crippen LogP contribution in [0.25, 0.3) is 31.8 Å². The molecule has 37 heavy (non-hydrogen) atoms. The van der Waals surface area contributed by atoms with E-state index in [1.165, 1.54) is 4.90 Å². The highest BCUT2D eigenvalue weighted by Crippen LogP contribution is 2.41. The third kappa shape index (κ3) is 4.67. The van der Waals surface area contributed by atoms with Crippen molar-refractivity contribution in [2.45, 2.75) is 44.8 Å². The number of carbonyl (C=O) groups is 1. The maximum absolute atomic E-state index is 12.0. The summed E-state index contributed by atoms with van der Waals surface area (Å²) in [6, 6.07) is 7.98. The van der Waals surface area contributed by atoms with E-state index in [-0.39, 0.29) is 12.2 Å². The maximum atomic E-state index is 12.0. The Morgan fingerprint density at radius 3 is 2.84 bits per heavy atom. The van der Waals surface area contributed by atoms with Crippen molar-refractivity contribution < 1.29 is 24.1 Å². The SMILES string of the molecule is COc1cnc2c(-c3nc4ccc5c(c4s3)CC(CN(CC3CCCCO3)C(=O)O)O5)cc(C)cc2n1. The number of amides is 1. The van der Waals surface area contributed by atoms with Gasteiger partial charge in [-0.2, -0.15) is 0 Å². The van der Waals surface area contributed by atoms with Gasteiger partial charge < -0.3 is 24.2 Å². The number of hydrogen-bond acceptors (Lipinski definition) is 8. The van der Waals surface area contributed by atoms with Crippen LogP contribution < -0.4 is 9.47 Å². The number of carboxylic acid groups (broad SMARTS) is 1. The zero-order chi connectivity index (χ0) is 25.5. The van der Waals surface area contributed by atoms with Gasteiger partial charge in [-0.3, -0.25) is 0 Å². The molecule has 2 aliphatic heterocycles. The molecule has 2 aromatic heterocycles. The molecule has 2 aliphatic rings. The molecule has 10 heteroatoms. The van der Waals surface area contributed by atoms with Crippen molar-refractivity contribution >= 4 is 38.7 Å². The quantitative estimate of drug-likeness (QED) is 0.375. The molecule has 0 spiro atoms. The first-order valence-corrected chi connectivity index (χ1v) is 13.3. The normalized spacial score (nSPS) is 19.1. The van der Waals surface area contributed by atoms with Gasteiger partial charge in [0.2, 0.25) is 5.88 Å². The smallest absolute Gasteiger partial charge is 0.407 e. The number of hydrogen-bond donors (Lipinski definition) is 1. The first kappa shape index (κ1) is 23.9. The van der Waals surface area contributed by atoms with E-state index >= 15 is 0 Å². The van der Waals surface area contributed by atoms with E-state index in [0.29, 0.717) is 32.0 Å². The van der Waals surface area contributed by atoms with Crippen molar-refractivity contribution in [3.8, 4) is 22.2 Å². The maximum Gasteiger partial charge on any atom is 0.407 e. The molecule has 2 aromatic carbocycles. The standard InChI is InChI=1S/C27H28N4O5S/c1-15-9-19(24-21(10-15)29-23(34-2)12-28-24)26-30-20-6-7-22-18(25(20)37-26)11-17(36-22)14-31(27(32)33)13-16-5-3-4-8-35-16/h6-7,9-10,12,16-17H,3-5,8,11,13-14H2,1-2H3,(H,32,33). The number of thiazole rings is 1. The van der Waals surface area contributed by atoms with Crippen LogP contribution >= 0.6 is 11.3 Å². The molecule has 0 bridgehead atoms. The van der Waals surface area contributed by atoms with Crippen molar-refractivity contribution in [2.24, 2.45) is 0 Å². The summed E-state index contributed by atoms with van der Waals surface area (Å²) < 4.78 is 18.3. The average Bonchev–Trinajstić information content (AvgIpc) is 3.51. The summed E-state index contributed by atoms with van der Waals surface area (Å²) in [4.78, 5) is 27.5. The molecule has 1 saturated heterocycles. The lowest BCUT2D eigenvalue weighted by molar-refractivity contribution is -0.00765. The lowest BCUT2D eigenvalue weighted by Crippen LogP contribution is -2.44. The predicted octanol–water partition coefficient (Wildman–Crippen LogP) is 5.08. The Kier molecular flexibility index (Phi) is 6.29. The van der Waals surface area contributed by atoms with E-state index in [0.717, 1.165) is 68.0 Å². The highest BCUT2D eigenvalue weighted by molar-refractivity contribution is 7.22. The third-order valence-corrected chi connectivity index (χ3v) is 8.11. The van der Waals surface area contributed by atoms with Crippen LogP contribution in [0.4, 0.5) is 4.79 Å². The van der Waals surface area contributed by atoms with Crippen molar-refractivity contribution in [1.82, 2.24) is 19.9 Å². The van der Waals surface area contributed by atoms with Crippen molar-refractivity contribution in [1.29, 1.82) is 0 Å². The average molecular weight is 521 g/mol. The summed E-state index contributed by atoms with van der Waals surface area (Å²) in [6.45, 7) is 3.40. The topological polar surface area (TPSA) is 107 Å². The van der Waals surface area contributed by atoms with Crippen LogP contribution in [0.2, 0.25) is 0 Å². The van der Waals surface area contributed by atoms with E-state index in [9.17, 15) is 9.90 Å². The van der Waals surface area contributed by atoms with Crippen LogP contribution in [-0.2, 0) is 11.2 Å². The van der Waals surface area contributed by atoms with E-state index < -0.39 is 6.09 Å². The second kappa shape index (κ2) is 9.75. The molecule has 6 rings (SSSR count). The molecule has 4 aromatic rings. The molecule has 2 unspecified atom stereocenters. The Labute approximate surface area is 218 Å². The van der Waals surface area contributed by atoms with Gasteiger partial charge in [0.25, 0.3) is 0 Å². The molecule has 1 fully saturated rings. The number of ether oxygens (including phenoxy) is 3. The number of benzene rings is 2. The molecule has 9 nitrogen and oxygen atoms in total. The van der Waals surface area contributed by atoms with Gasteiger partial charge in [0.05, 0.1) is 53.8 Å². The zero-order valence-corrected chi connectivity index (χ0v) is 21.6. The first-order chi connectivity index (χ1) is 18.0. The monoisotopic (exact) mass is 520 g/mol. The molecule has 2 atom stereocenters. The Morgan fingerprint density at radius 1 is 1.19 bits per heavy atom. The molecule has 1 amide bonds. The largest absolute Gasteiger partial charge is 0.488 e. The number of nitrogens with zero attached hydrogens (tertiary/aromatic N) is 4. The van der Waals surface area contributed by atoms with Crippen molar-refractivity contribution in [2.75, 3.05) is 26.8 Å². The minimum atomic E-state index is -0.942. The van der Waals surface area contributed by atoms with Gasteiger partial charge in [-0.05, 0) is 56.0 Å². The van der Waals surface area contributed by atoms with Crippen molar-refractivity contribution in [3.63, 3.8) is 0 Å². The number of aromatic nitrogens is 3. The fourth-order valence-electron chi connectivity index (χ4n) is 5.18. The molecule has 0 saturated carbocycles. The summed E-state index contributed by atoms with van der Waals surface area (Å²) in [5, 5.41) is 10.7. The van der Waals surface area contributed by atoms with Gasteiger partial charge in [-0.15, -0.1) is 11.3 Å². The fourth-order valence-corrected chi connectivity index (χ4v) is 6.31. The molecular formula is C27H28N4O5S. The third-order valence-electron chi connectivity index (χ3n) is 6.94. The Bertz CT molecular complexity index is 1480. The second-order valence-electron chi connectivity index (χ2n) is 9.62. The minimum absolute atomic E-state index is 0.0448. The lowest BCUT2D eigenvalue weighted by atomic mass is 10.1. The predicted molar refractivity (Wildman–Crippen MR) is 141 cm³/mol. The lowest BCUT2D eigenvalue weighted by Gasteiger charge is -2.29. The number of aryl methyl sites for hydroxylation is 1. The summed E-state index contributed by atoms with van der Waals surface area (Å²) in [5.74, 6) is 1.27. The summed E-state index contributed by atoms with van der Waals surface area (Å²) in [7, 11) is 1.58. The van der Waals surface area contributed by atoms with E-state index in [1.807, 2.05) is 25.1 Å². The zero-order valence-electron chi connectivity index (χ0n) is 20.8. The minimum Gasteiger partial charge on any atom is -0.488 e. The van der Waals surface area contributed by atoms with E-state index in [4.69, 9.17) is 19.2 Å². The first-order valence-electron chi connectivity index (χ1n) is 12.5. The van der Waals surface area contributed by atoms with Gasteiger partial charge in [0, 0.05) is 24.2 Å². The van der Waals surface area contributed by atoms with Crippen LogP contribution in [0.15, 0.2) is 30.5 Å². The Hall–Kier alpha value is -3.50. The van der Waals surface area contributed by atoms with Crippen LogP contribution in [0.5, 0.6) is 11.6 Å². The van der Waals surface area contributed by atoms with Crippen LogP contribution in [0.1, 0.15) is 30.4 Å². The van der Waals surface area contributed by atoms with Gasteiger partial charge in [-0.1, -0.05) is 0 Å². The Balaban J connectivity index is 1.28. The van der Waals surface area contributed by atoms with E-state index in [1.54, 1.807) is 24.6 Å². The van der Waals surface area contributed by atoms with Gasteiger partial charge in [0.1, 0.15) is 16.9 Å². The summed E-state index contributed by atoms with van der Waals surface area (Å²) in [5.41, 5.74) is 5.50. The molecular weight excluding hydrogens is 492 g/mol. The number of methoxy groups -OCH3 is 1. The summed E-state index contributed by atoms with van der Waals surface area (Å²) in [6.07, 6.45) is 4.03. The molecule has 0 radical (unpaired) electrons. The van der Waals surface area contributed by atoms with Crippen molar-refractivity contribution in [3.05, 3.63) is 41.6 Å². The highest BCUT2D eigenvalue weighted by atomic mass is 32.1.